The van der Waals surface area contributed by atoms with Crippen LogP contribution in [0, 0.1) is 0 Å². The lowest BCUT2D eigenvalue weighted by atomic mass is 10.2. The molecule has 0 atom stereocenters. The van der Waals surface area contributed by atoms with Crippen LogP contribution >= 0.6 is 15.9 Å². The highest BCUT2D eigenvalue weighted by Gasteiger charge is 2.06. The molecule has 3 N–H and O–H groups in total. The van der Waals surface area contributed by atoms with Crippen LogP contribution < -0.4 is 10.5 Å². The molecule has 1 aromatic carbocycles. The van der Waals surface area contributed by atoms with Crippen LogP contribution in [0.3, 0.4) is 0 Å². The second kappa shape index (κ2) is 3.78. The topological polar surface area (TPSA) is 55.5 Å². The molecule has 0 aliphatic heterocycles. The van der Waals surface area contributed by atoms with E-state index in [0.717, 1.165) is 5.56 Å². The van der Waals surface area contributed by atoms with E-state index < -0.39 is 0 Å². The van der Waals surface area contributed by atoms with Gasteiger partial charge in [0.05, 0.1) is 7.11 Å². The largest absolute Gasteiger partial charge is 0.507 e. The monoisotopic (exact) mass is 231 g/mol. The van der Waals surface area contributed by atoms with Gasteiger partial charge in [-0.05, 0) is 33.6 Å². The molecule has 4 heteroatoms. The molecule has 0 aromatic heterocycles. The summed E-state index contributed by atoms with van der Waals surface area (Å²) in [5, 5.41) is 9.36. The van der Waals surface area contributed by atoms with E-state index in [1.165, 1.54) is 0 Å². The Hall–Kier alpha value is -0.740. The minimum atomic E-state index is 0.148. The molecule has 0 aliphatic carbocycles. The van der Waals surface area contributed by atoms with Gasteiger partial charge in [0.25, 0.3) is 0 Å². The summed E-state index contributed by atoms with van der Waals surface area (Å²) in [7, 11) is 1.54. The van der Waals surface area contributed by atoms with Crippen molar-refractivity contribution in [1.29, 1.82) is 0 Å². The van der Waals surface area contributed by atoms with E-state index in [9.17, 15) is 5.11 Å². The van der Waals surface area contributed by atoms with Gasteiger partial charge < -0.3 is 15.6 Å². The molecule has 0 bridgehead atoms. The van der Waals surface area contributed by atoms with Crippen LogP contribution in [0.1, 0.15) is 5.56 Å². The maximum atomic E-state index is 9.36. The van der Waals surface area contributed by atoms with E-state index in [2.05, 4.69) is 15.9 Å². The Morgan fingerprint density at radius 3 is 2.75 bits per heavy atom. The molecule has 0 unspecified atom stereocenters. The Morgan fingerprint density at radius 1 is 1.58 bits per heavy atom. The van der Waals surface area contributed by atoms with Gasteiger partial charge in [-0.25, -0.2) is 0 Å². The molecular formula is C8H10BrNO2. The Bertz CT molecular complexity index is 289. The van der Waals surface area contributed by atoms with Crippen molar-refractivity contribution < 1.29 is 9.84 Å². The van der Waals surface area contributed by atoms with Crippen molar-refractivity contribution in [3.05, 3.63) is 22.2 Å². The van der Waals surface area contributed by atoms with E-state index in [1.807, 2.05) is 0 Å². The molecule has 0 amide bonds. The fourth-order valence-corrected chi connectivity index (χ4v) is 1.30. The van der Waals surface area contributed by atoms with E-state index in [0.29, 0.717) is 16.8 Å². The van der Waals surface area contributed by atoms with Gasteiger partial charge in [-0.15, -0.1) is 0 Å². The number of phenolic OH excluding ortho intramolecular Hbond substituents is 1. The van der Waals surface area contributed by atoms with E-state index in [4.69, 9.17) is 10.5 Å². The third kappa shape index (κ3) is 1.70. The smallest absolute Gasteiger partial charge is 0.137 e. The van der Waals surface area contributed by atoms with Crippen LogP contribution in [0.4, 0.5) is 0 Å². The van der Waals surface area contributed by atoms with Gasteiger partial charge >= 0.3 is 0 Å². The molecule has 0 saturated carbocycles. The van der Waals surface area contributed by atoms with Crippen LogP contribution in [-0.2, 0) is 6.54 Å². The quantitative estimate of drug-likeness (QED) is 0.814. The average Bonchev–Trinajstić information content (AvgIpc) is 2.09. The molecular weight excluding hydrogens is 222 g/mol. The lowest BCUT2D eigenvalue weighted by molar-refractivity contribution is 0.402. The summed E-state index contributed by atoms with van der Waals surface area (Å²) in [6.45, 7) is 0.386. The number of methoxy groups -OCH3 is 1. The van der Waals surface area contributed by atoms with Gasteiger partial charge in [-0.2, -0.15) is 0 Å². The van der Waals surface area contributed by atoms with E-state index >= 15 is 0 Å². The van der Waals surface area contributed by atoms with Gasteiger partial charge in [0.2, 0.25) is 0 Å². The SMILES string of the molecule is COc1cc(CN)cc(O)c1Br. The molecule has 0 saturated heterocycles. The van der Waals surface area contributed by atoms with Gasteiger partial charge in [0.15, 0.2) is 0 Å². The Balaban J connectivity index is 3.19. The van der Waals surface area contributed by atoms with Crippen molar-refractivity contribution in [1.82, 2.24) is 0 Å². The first-order valence-electron chi connectivity index (χ1n) is 3.44. The minimum absolute atomic E-state index is 0.148. The predicted octanol–water partition coefficient (Wildman–Crippen LogP) is 1.62. The fourth-order valence-electron chi connectivity index (χ4n) is 0.905. The summed E-state index contributed by atoms with van der Waals surface area (Å²) in [5.41, 5.74) is 6.25. The van der Waals surface area contributed by atoms with Crippen LogP contribution in [0.25, 0.3) is 0 Å². The van der Waals surface area contributed by atoms with Crippen molar-refractivity contribution in [2.24, 2.45) is 5.73 Å². The Kier molecular flexibility index (Phi) is 2.94. The first-order valence-corrected chi connectivity index (χ1v) is 4.23. The van der Waals surface area contributed by atoms with Gasteiger partial charge in [0.1, 0.15) is 16.0 Å². The maximum Gasteiger partial charge on any atom is 0.137 e. The number of nitrogens with two attached hydrogens (primary N) is 1. The predicted molar refractivity (Wildman–Crippen MR) is 50.3 cm³/mol. The summed E-state index contributed by atoms with van der Waals surface area (Å²) in [6, 6.07) is 3.39. The number of rotatable bonds is 2. The summed E-state index contributed by atoms with van der Waals surface area (Å²) in [6.07, 6.45) is 0. The standard InChI is InChI=1S/C8H10BrNO2/c1-12-7-3-5(4-10)2-6(11)8(7)9/h2-3,11H,4,10H2,1H3. The first-order chi connectivity index (χ1) is 5.69. The van der Waals surface area contributed by atoms with Crippen molar-refractivity contribution in [3.63, 3.8) is 0 Å². The molecule has 0 aliphatic rings. The second-order valence-corrected chi connectivity index (χ2v) is 3.13. The molecule has 0 spiro atoms. The summed E-state index contributed by atoms with van der Waals surface area (Å²) < 4.78 is 5.56. The summed E-state index contributed by atoms with van der Waals surface area (Å²) in [5.74, 6) is 0.741. The number of benzene rings is 1. The molecule has 3 nitrogen and oxygen atoms in total. The fraction of sp³-hybridized carbons (Fsp3) is 0.250. The van der Waals surface area contributed by atoms with E-state index in [-0.39, 0.29) is 5.75 Å². The Morgan fingerprint density at radius 2 is 2.25 bits per heavy atom. The number of aromatic hydroxyl groups is 1. The molecule has 0 fully saturated rings. The summed E-state index contributed by atoms with van der Waals surface area (Å²) >= 11 is 3.19. The maximum absolute atomic E-state index is 9.36. The minimum Gasteiger partial charge on any atom is -0.507 e. The van der Waals surface area contributed by atoms with Gasteiger partial charge in [-0.1, -0.05) is 0 Å². The molecule has 66 valence electrons. The van der Waals surface area contributed by atoms with Gasteiger partial charge in [-0.3, -0.25) is 0 Å². The molecule has 0 heterocycles. The third-order valence-corrected chi connectivity index (χ3v) is 2.33. The number of halogens is 1. The summed E-state index contributed by atoms with van der Waals surface area (Å²) in [4.78, 5) is 0. The van der Waals surface area contributed by atoms with Crippen molar-refractivity contribution in [3.8, 4) is 11.5 Å². The number of hydrogen-bond donors (Lipinski definition) is 2. The molecule has 1 rings (SSSR count). The first kappa shape index (κ1) is 9.35. The average molecular weight is 232 g/mol. The Labute approximate surface area is 79.3 Å². The number of ether oxygens (including phenoxy) is 1. The third-order valence-electron chi connectivity index (χ3n) is 1.54. The highest BCUT2D eigenvalue weighted by Crippen LogP contribution is 2.34. The zero-order chi connectivity index (χ0) is 9.14. The van der Waals surface area contributed by atoms with Crippen LogP contribution in [0.15, 0.2) is 16.6 Å². The molecule has 1 aromatic rings. The van der Waals surface area contributed by atoms with Crippen LogP contribution in [0.2, 0.25) is 0 Å². The lowest BCUT2D eigenvalue weighted by Gasteiger charge is -2.06. The molecule has 0 radical (unpaired) electrons. The van der Waals surface area contributed by atoms with Crippen molar-refractivity contribution in [2.45, 2.75) is 6.54 Å². The highest BCUT2D eigenvalue weighted by atomic mass is 79.9. The number of phenols is 1. The van der Waals surface area contributed by atoms with Crippen LogP contribution in [-0.4, -0.2) is 12.2 Å². The number of hydrogen-bond acceptors (Lipinski definition) is 3. The van der Waals surface area contributed by atoms with Crippen LogP contribution in [0.5, 0.6) is 11.5 Å². The van der Waals surface area contributed by atoms with Crippen molar-refractivity contribution in [2.75, 3.05) is 7.11 Å². The van der Waals surface area contributed by atoms with Crippen molar-refractivity contribution >= 4 is 15.9 Å². The normalized spacial score (nSPS) is 9.92. The van der Waals surface area contributed by atoms with E-state index in [1.54, 1.807) is 19.2 Å². The molecule has 12 heavy (non-hydrogen) atoms. The highest BCUT2D eigenvalue weighted by molar-refractivity contribution is 9.10. The van der Waals surface area contributed by atoms with Gasteiger partial charge in [0, 0.05) is 6.54 Å². The zero-order valence-corrected chi connectivity index (χ0v) is 8.26. The second-order valence-electron chi connectivity index (χ2n) is 2.34. The zero-order valence-electron chi connectivity index (χ0n) is 6.67. The lowest BCUT2D eigenvalue weighted by Crippen LogP contribution is -1.97.